The highest BCUT2D eigenvalue weighted by Gasteiger charge is 2.34. The highest BCUT2D eigenvalue weighted by Crippen LogP contribution is 2.22. The van der Waals surface area contributed by atoms with Crippen molar-refractivity contribution in [3.63, 3.8) is 0 Å². The van der Waals surface area contributed by atoms with Gasteiger partial charge in [-0.1, -0.05) is 36.7 Å². The topological polar surface area (TPSA) is 69.7 Å². The molecule has 0 unspecified atom stereocenters. The van der Waals surface area contributed by atoms with Crippen LogP contribution in [0.3, 0.4) is 0 Å². The van der Waals surface area contributed by atoms with Crippen LogP contribution < -0.4 is 5.32 Å². The normalized spacial score (nSPS) is 18.7. The van der Waals surface area contributed by atoms with Gasteiger partial charge in [0, 0.05) is 31.2 Å². The standard InChI is InChI=1S/C15H22ClN3O3S/c1-2-8-17-15(20)12-19-10-5-9-18(23(19,21)22)11-13-6-3-4-7-14(13)16/h3-4,6-7H,2,5,8-12H2,1H3,(H,17,20). The first kappa shape index (κ1) is 18.2. The Kier molecular flexibility index (Phi) is 6.41. The van der Waals surface area contributed by atoms with E-state index in [4.69, 9.17) is 11.6 Å². The number of benzene rings is 1. The van der Waals surface area contributed by atoms with Gasteiger partial charge in [-0.25, -0.2) is 0 Å². The molecule has 1 amide bonds. The minimum Gasteiger partial charge on any atom is -0.355 e. The molecule has 1 aromatic rings. The van der Waals surface area contributed by atoms with Gasteiger partial charge in [-0.05, 0) is 24.5 Å². The lowest BCUT2D eigenvalue weighted by Gasteiger charge is -2.34. The van der Waals surface area contributed by atoms with Gasteiger partial charge in [0.1, 0.15) is 0 Å². The highest BCUT2D eigenvalue weighted by molar-refractivity contribution is 7.86. The Labute approximate surface area is 142 Å². The van der Waals surface area contributed by atoms with Crippen LogP contribution in [-0.2, 0) is 21.5 Å². The maximum atomic E-state index is 12.7. The van der Waals surface area contributed by atoms with Crippen molar-refractivity contribution in [1.82, 2.24) is 13.9 Å². The Morgan fingerprint density at radius 3 is 2.65 bits per heavy atom. The van der Waals surface area contributed by atoms with Crippen LogP contribution in [-0.4, -0.2) is 49.1 Å². The molecule has 1 N–H and O–H groups in total. The Morgan fingerprint density at radius 2 is 1.96 bits per heavy atom. The van der Waals surface area contributed by atoms with Crippen molar-refractivity contribution < 1.29 is 13.2 Å². The zero-order chi connectivity index (χ0) is 16.9. The van der Waals surface area contributed by atoms with Gasteiger partial charge in [-0.3, -0.25) is 4.79 Å². The predicted octanol–water partition coefficient (Wildman–Crippen LogP) is 1.62. The molecule has 0 atom stereocenters. The highest BCUT2D eigenvalue weighted by atomic mass is 35.5. The van der Waals surface area contributed by atoms with Crippen LogP contribution in [0, 0.1) is 0 Å². The van der Waals surface area contributed by atoms with Crippen molar-refractivity contribution >= 4 is 27.7 Å². The molecule has 23 heavy (non-hydrogen) atoms. The Hall–Kier alpha value is -1.15. The molecule has 0 aromatic heterocycles. The molecule has 6 nitrogen and oxygen atoms in total. The van der Waals surface area contributed by atoms with Gasteiger partial charge in [0.2, 0.25) is 5.91 Å². The summed E-state index contributed by atoms with van der Waals surface area (Å²) in [5, 5.41) is 3.25. The van der Waals surface area contributed by atoms with E-state index in [1.54, 1.807) is 12.1 Å². The van der Waals surface area contributed by atoms with E-state index in [0.717, 1.165) is 12.0 Å². The lowest BCUT2D eigenvalue weighted by atomic mass is 10.2. The van der Waals surface area contributed by atoms with Crippen LogP contribution in [0.5, 0.6) is 0 Å². The fourth-order valence-electron chi connectivity index (χ4n) is 2.44. The molecular weight excluding hydrogens is 338 g/mol. The first-order chi connectivity index (χ1) is 10.9. The number of nitrogens with one attached hydrogen (secondary N) is 1. The molecule has 1 aliphatic rings. The second-order valence-corrected chi connectivity index (χ2v) is 7.81. The summed E-state index contributed by atoms with van der Waals surface area (Å²) in [6, 6.07) is 7.18. The number of rotatable bonds is 6. The molecule has 0 spiro atoms. The Balaban J connectivity index is 2.07. The smallest absolute Gasteiger partial charge is 0.282 e. The first-order valence-electron chi connectivity index (χ1n) is 7.70. The third-order valence-corrected chi connectivity index (χ3v) is 5.96. The molecule has 0 aliphatic carbocycles. The molecular formula is C15H22ClN3O3S. The van der Waals surface area contributed by atoms with E-state index in [-0.39, 0.29) is 19.0 Å². The third kappa shape index (κ3) is 4.67. The molecule has 1 fully saturated rings. The van der Waals surface area contributed by atoms with Crippen molar-refractivity contribution in [2.75, 3.05) is 26.2 Å². The van der Waals surface area contributed by atoms with Crippen molar-refractivity contribution in [3.8, 4) is 0 Å². The maximum Gasteiger partial charge on any atom is 0.282 e. The minimum absolute atomic E-state index is 0.138. The number of amides is 1. The summed E-state index contributed by atoms with van der Waals surface area (Å²) in [5.41, 5.74) is 0.759. The second kappa shape index (κ2) is 8.10. The number of hydrogen-bond acceptors (Lipinski definition) is 3. The lowest BCUT2D eigenvalue weighted by Crippen LogP contribution is -2.52. The molecule has 1 aromatic carbocycles. The summed E-state index contributed by atoms with van der Waals surface area (Å²) >= 11 is 6.12. The molecule has 2 rings (SSSR count). The van der Waals surface area contributed by atoms with Gasteiger partial charge < -0.3 is 5.32 Å². The first-order valence-corrected chi connectivity index (χ1v) is 9.48. The largest absolute Gasteiger partial charge is 0.355 e. The molecule has 8 heteroatoms. The van der Waals surface area contributed by atoms with Crippen LogP contribution in [0.4, 0.5) is 0 Å². The monoisotopic (exact) mass is 359 g/mol. The molecule has 1 saturated heterocycles. The molecule has 0 radical (unpaired) electrons. The Morgan fingerprint density at radius 1 is 1.26 bits per heavy atom. The van der Waals surface area contributed by atoms with Crippen LogP contribution in [0.25, 0.3) is 0 Å². The predicted molar refractivity (Wildman–Crippen MR) is 90.3 cm³/mol. The summed E-state index contributed by atoms with van der Waals surface area (Å²) in [6.07, 6.45) is 1.50. The summed E-state index contributed by atoms with van der Waals surface area (Å²) < 4.78 is 27.9. The summed E-state index contributed by atoms with van der Waals surface area (Å²) in [6.45, 7) is 3.37. The molecule has 1 aliphatic heterocycles. The van der Waals surface area contributed by atoms with Crippen molar-refractivity contribution in [3.05, 3.63) is 34.9 Å². The van der Waals surface area contributed by atoms with Gasteiger partial charge in [0.25, 0.3) is 10.2 Å². The van der Waals surface area contributed by atoms with E-state index < -0.39 is 10.2 Å². The van der Waals surface area contributed by atoms with Crippen molar-refractivity contribution in [1.29, 1.82) is 0 Å². The van der Waals surface area contributed by atoms with Crippen LogP contribution in [0.2, 0.25) is 5.02 Å². The van der Waals surface area contributed by atoms with Gasteiger partial charge in [-0.15, -0.1) is 0 Å². The fraction of sp³-hybridized carbons (Fsp3) is 0.533. The maximum absolute atomic E-state index is 12.7. The SMILES string of the molecule is CCCNC(=O)CN1CCCN(Cc2ccccc2Cl)S1(=O)=O. The van der Waals surface area contributed by atoms with Gasteiger partial charge in [-0.2, -0.15) is 17.0 Å². The van der Waals surface area contributed by atoms with E-state index >= 15 is 0 Å². The molecule has 0 bridgehead atoms. The fourth-order valence-corrected chi connectivity index (χ4v) is 4.26. The quantitative estimate of drug-likeness (QED) is 0.839. The molecule has 1 heterocycles. The zero-order valence-electron chi connectivity index (χ0n) is 13.2. The second-order valence-electron chi connectivity index (χ2n) is 5.47. The summed E-state index contributed by atoms with van der Waals surface area (Å²) in [5.74, 6) is -0.269. The average molecular weight is 360 g/mol. The van der Waals surface area contributed by atoms with E-state index in [1.165, 1.54) is 8.61 Å². The van der Waals surface area contributed by atoms with Gasteiger partial charge in [0.05, 0.1) is 6.54 Å². The van der Waals surface area contributed by atoms with Crippen molar-refractivity contribution in [2.45, 2.75) is 26.3 Å². The number of carbonyl (C=O) groups is 1. The van der Waals surface area contributed by atoms with Crippen LogP contribution >= 0.6 is 11.6 Å². The van der Waals surface area contributed by atoms with Gasteiger partial charge in [0.15, 0.2) is 0 Å². The molecule has 0 saturated carbocycles. The Bertz CT molecular complexity index is 651. The summed E-state index contributed by atoms with van der Waals surface area (Å²) in [4.78, 5) is 11.8. The van der Waals surface area contributed by atoms with Crippen LogP contribution in [0.1, 0.15) is 25.3 Å². The van der Waals surface area contributed by atoms with E-state index in [0.29, 0.717) is 31.1 Å². The van der Waals surface area contributed by atoms with E-state index in [9.17, 15) is 13.2 Å². The van der Waals surface area contributed by atoms with E-state index in [1.807, 2.05) is 19.1 Å². The lowest BCUT2D eigenvalue weighted by molar-refractivity contribution is -0.121. The third-order valence-electron chi connectivity index (χ3n) is 3.66. The molecule has 128 valence electrons. The number of halogens is 1. The summed E-state index contributed by atoms with van der Waals surface area (Å²) in [7, 11) is -3.65. The van der Waals surface area contributed by atoms with E-state index in [2.05, 4.69) is 5.32 Å². The van der Waals surface area contributed by atoms with Crippen molar-refractivity contribution in [2.24, 2.45) is 0 Å². The number of nitrogens with zero attached hydrogens (tertiary/aromatic N) is 2. The number of carbonyl (C=O) groups excluding carboxylic acids is 1. The zero-order valence-corrected chi connectivity index (χ0v) is 14.7. The number of hydrogen-bond donors (Lipinski definition) is 1. The minimum atomic E-state index is -3.65. The van der Waals surface area contributed by atoms with Gasteiger partial charge >= 0.3 is 0 Å². The van der Waals surface area contributed by atoms with Crippen LogP contribution in [0.15, 0.2) is 24.3 Å². The average Bonchev–Trinajstić information content (AvgIpc) is 2.51.